The summed E-state index contributed by atoms with van der Waals surface area (Å²) in [5, 5.41) is 3.23. The van der Waals surface area contributed by atoms with Gasteiger partial charge in [-0.3, -0.25) is 5.84 Å². The van der Waals surface area contributed by atoms with Crippen LogP contribution in [0.3, 0.4) is 0 Å². The number of anilines is 2. The number of hydrogen-bond donors (Lipinski definition) is 2. The molecule has 0 saturated carbocycles. The molecule has 0 unspecified atom stereocenters. The van der Waals surface area contributed by atoms with Crippen molar-refractivity contribution in [2.75, 3.05) is 11.2 Å². The smallest absolute Gasteiger partial charge is 0.289 e. The Bertz CT molecular complexity index is 783. The maximum absolute atomic E-state index is 5.95. The van der Waals surface area contributed by atoms with E-state index in [-0.39, 0.29) is 0 Å². The largest absolute Gasteiger partial charge is 0.418 e. The number of aromatic nitrogens is 2. The minimum atomic E-state index is 0.584. The third kappa shape index (κ3) is 3.26. The lowest BCUT2D eigenvalue weighted by atomic mass is 10.1. The van der Waals surface area contributed by atoms with Gasteiger partial charge in [-0.15, -0.1) is 4.68 Å². The zero-order valence-electron chi connectivity index (χ0n) is 12.1. The number of nitrogens with zero attached hydrogens (tertiary/aromatic N) is 2. The first kappa shape index (κ1) is 14.5. The maximum atomic E-state index is 5.95. The lowest BCUT2D eigenvalue weighted by molar-refractivity contribution is -0.626. The van der Waals surface area contributed by atoms with Crippen molar-refractivity contribution >= 4 is 27.6 Å². The van der Waals surface area contributed by atoms with Crippen molar-refractivity contribution < 1.29 is 4.68 Å². The fourth-order valence-electron chi connectivity index (χ4n) is 2.07. The van der Waals surface area contributed by atoms with Crippen LogP contribution in [0.25, 0.3) is 11.3 Å². The molecule has 1 aromatic heterocycles. The fourth-order valence-corrected chi connectivity index (χ4v) is 2.33. The van der Waals surface area contributed by atoms with Crippen LogP contribution in [-0.2, 0) is 0 Å². The van der Waals surface area contributed by atoms with Gasteiger partial charge in [0.25, 0.3) is 0 Å². The van der Waals surface area contributed by atoms with Crippen molar-refractivity contribution in [3.05, 3.63) is 70.8 Å². The van der Waals surface area contributed by atoms with Crippen LogP contribution in [-0.4, -0.2) is 4.98 Å². The third-order valence-corrected chi connectivity index (χ3v) is 3.84. The molecule has 0 saturated heterocycles. The summed E-state index contributed by atoms with van der Waals surface area (Å²) in [6.45, 7) is 2.07. The Labute approximate surface area is 137 Å². The molecule has 0 bridgehead atoms. The Morgan fingerprint density at radius 2 is 1.68 bits per heavy atom. The molecule has 0 atom stereocenters. The Hall–Kier alpha value is -2.40. The molecule has 5 heteroatoms. The summed E-state index contributed by atoms with van der Waals surface area (Å²) < 4.78 is 2.50. The van der Waals surface area contributed by atoms with Crippen molar-refractivity contribution in [3.8, 4) is 11.3 Å². The summed E-state index contributed by atoms with van der Waals surface area (Å²) in [7, 11) is 0. The number of rotatable bonds is 3. The van der Waals surface area contributed by atoms with E-state index in [4.69, 9.17) is 5.84 Å². The van der Waals surface area contributed by atoms with Crippen LogP contribution in [0.4, 0.5) is 11.6 Å². The second kappa shape index (κ2) is 6.15. The second-order valence-corrected chi connectivity index (χ2v) is 5.96. The van der Waals surface area contributed by atoms with Crippen molar-refractivity contribution in [1.82, 2.24) is 4.98 Å². The van der Waals surface area contributed by atoms with Gasteiger partial charge in [-0.1, -0.05) is 50.7 Å². The van der Waals surface area contributed by atoms with E-state index in [2.05, 4.69) is 57.4 Å². The molecule has 3 N–H and O–H groups in total. The molecule has 4 nitrogen and oxygen atoms in total. The highest BCUT2D eigenvalue weighted by atomic mass is 79.9. The molecule has 0 aliphatic heterocycles. The van der Waals surface area contributed by atoms with E-state index in [9.17, 15) is 0 Å². The number of nitrogens with one attached hydrogen (secondary N) is 1. The van der Waals surface area contributed by atoms with E-state index >= 15 is 0 Å². The normalized spacial score (nSPS) is 10.5. The lowest BCUT2D eigenvalue weighted by Gasteiger charge is -2.04. The molecule has 0 amide bonds. The molecule has 0 fully saturated rings. The van der Waals surface area contributed by atoms with Crippen LogP contribution >= 0.6 is 15.9 Å². The Balaban J connectivity index is 1.92. The minimum Gasteiger partial charge on any atom is -0.289 e. The highest BCUT2D eigenvalue weighted by Gasteiger charge is 2.13. The average Bonchev–Trinajstić information content (AvgIpc) is 2.52. The third-order valence-electron chi connectivity index (χ3n) is 3.31. The van der Waals surface area contributed by atoms with Crippen molar-refractivity contribution in [1.29, 1.82) is 0 Å². The van der Waals surface area contributed by atoms with Gasteiger partial charge in [-0.25, -0.2) is 5.32 Å². The quantitative estimate of drug-likeness (QED) is 0.557. The van der Waals surface area contributed by atoms with Gasteiger partial charge in [-0.05, 0) is 31.2 Å². The fraction of sp³-hybridized carbons (Fsp3) is 0.0588. The average molecular weight is 356 g/mol. The van der Waals surface area contributed by atoms with E-state index < -0.39 is 0 Å². The maximum Gasteiger partial charge on any atom is 0.418 e. The molecular weight excluding hydrogens is 340 g/mol. The van der Waals surface area contributed by atoms with Crippen molar-refractivity contribution in [3.63, 3.8) is 0 Å². The number of benzene rings is 2. The van der Waals surface area contributed by atoms with Gasteiger partial charge in [-0.2, -0.15) is 0 Å². The molecular formula is C17H16BrN4+. The highest BCUT2D eigenvalue weighted by Crippen LogP contribution is 2.20. The lowest BCUT2D eigenvalue weighted by Crippen LogP contribution is -2.46. The first-order valence-electron chi connectivity index (χ1n) is 6.89. The highest BCUT2D eigenvalue weighted by molar-refractivity contribution is 9.10. The molecule has 0 radical (unpaired) electrons. The number of nitrogen functional groups attached to an aromatic ring is 1. The number of aryl methyl sites for hydroxylation is 1. The second-order valence-electron chi connectivity index (χ2n) is 5.04. The molecule has 0 spiro atoms. The number of nitrogens with two attached hydrogens (primary N) is 1. The van der Waals surface area contributed by atoms with E-state index in [1.54, 1.807) is 6.20 Å². The topological polar surface area (TPSA) is 54.8 Å². The SMILES string of the molecule is Cc1ccc(-c2cc[n+](N)c(Nc3ccc(Br)cc3)n2)cc1. The van der Waals surface area contributed by atoms with E-state index in [1.807, 2.05) is 30.3 Å². The molecule has 0 aliphatic carbocycles. The van der Waals surface area contributed by atoms with Gasteiger partial charge in [0.15, 0.2) is 5.69 Å². The van der Waals surface area contributed by atoms with Crippen LogP contribution in [0.2, 0.25) is 0 Å². The van der Waals surface area contributed by atoms with E-state index in [1.165, 1.54) is 10.2 Å². The minimum absolute atomic E-state index is 0.584. The van der Waals surface area contributed by atoms with Crippen molar-refractivity contribution in [2.24, 2.45) is 0 Å². The number of halogens is 1. The van der Waals surface area contributed by atoms with Gasteiger partial charge in [0.2, 0.25) is 0 Å². The van der Waals surface area contributed by atoms with Gasteiger partial charge < -0.3 is 0 Å². The van der Waals surface area contributed by atoms with Crippen LogP contribution < -0.4 is 15.8 Å². The first-order chi connectivity index (χ1) is 10.6. The number of hydrogen-bond acceptors (Lipinski definition) is 3. The summed E-state index contributed by atoms with van der Waals surface area (Å²) in [6, 6.07) is 18.0. The Morgan fingerprint density at radius 1 is 1.00 bits per heavy atom. The standard InChI is InChI=1S/C17H15BrN4/c1-12-2-4-13(5-3-12)16-10-11-22(19)17(21-16)20-15-8-6-14(18)7-9-15/h2-11H,19H2,1H3/p+1. The zero-order valence-corrected chi connectivity index (χ0v) is 13.7. The van der Waals surface area contributed by atoms with Gasteiger partial charge in [0, 0.05) is 16.1 Å². The molecule has 3 aromatic rings. The summed E-state index contributed by atoms with van der Waals surface area (Å²) in [5.41, 5.74) is 4.09. The first-order valence-corrected chi connectivity index (χ1v) is 7.68. The molecule has 2 aromatic carbocycles. The molecule has 3 rings (SSSR count). The molecule has 0 aliphatic rings. The molecule has 110 valence electrons. The zero-order chi connectivity index (χ0) is 15.5. The van der Waals surface area contributed by atoms with Crippen LogP contribution in [0, 0.1) is 6.92 Å². The summed E-state index contributed by atoms with van der Waals surface area (Å²) in [6.07, 6.45) is 1.80. The monoisotopic (exact) mass is 355 g/mol. The predicted octanol–water partition coefficient (Wildman–Crippen LogP) is 3.56. The molecule has 1 heterocycles. The molecule has 22 heavy (non-hydrogen) atoms. The summed E-state index contributed by atoms with van der Waals surface area (Å²) >= 11 is 3.42. The van der Waals surface area contributed by atoms with Crippen molar-refractivity contribution in [2.45, 2.75) is 6.92 Å². The van der Waals surface area contributed by atoms with Gasteiger partial charge >= 0.3 is 5.95 Å². The van der Waals surface area contributed by atoms with Crippen LogP contribution in [0.5, 0.6) is 0 Å². The van der Waals surface area contributed by atoms with Crippen LogP contribution in [0.1, 0.15) is 5.56 Å². The predicted molar refractivity (Wildman–Crippen MR) is 92.2 cm³/mol. The van der Waals surface area contributed by atoms with Gasteiger partial charge in [0.1, 0.15) is 0 Å². The Morgan fingerprint density at radius 3 is 2.36 bits per heavy atom. The van der Waals surface area contributed by atoms with Gasteiger partial charge in [0.05, 0.1) is 11.9 Å². The van der Waals surface area contributed by atoms with Crippen LogP contribution in [0.15, 0.2) is 65.3 Å². The van der Waals surface area contributed by atoms with E-state index in [0.717, 1.165) is 21.4 Å². The summed E-state index contributed by atoms with van der Waals surface area (Å²) in [5.74, 6) is 6.54. The summed E-state index contributed by atoms with van der Waals surface area (Å²) in [4.78, 5) is 4.61. The van der Waals surface area contributed by atoms with E-state index in [0.29, 0.717) is 5.95 Å². The Kier molecular flexibility index (Phi) is 4.06.